The number of urea groups is 1. The van der Waals surface area contributed by atoms with Gasteiger partial charge >= 0.3 is 12.1 Å². The molecule has 0 aliphatic carbocycles. The van der Waals surface area contributed by atoms with Crippen LogP contribution in [0.25, 0.3) is 10.9 Å². The Kier molecular flexibility index (Phi) is 4.79. The molecule has 0 atom stereocenters. The van der Waals surface area contributed by atoms with Crippen LogP contribution in [0.2, 0.25) is 0 Å². The van der Waals surface area contributed by atoms with Gasteiger partial charge in [0, 0.05) is 37.8 Å². The molecule has 7 nitrogen and oxygen atoms in total. The van der Waals surface area contributed by atoms with Gasteiger partial charge < -0.3 is 19.9 Å². The van der Waals surface area contributed by atoms with Gasteiger partial charge in [-0.25, -0.2) is 9.59 Å². The van der Waals surface area contributed by atoms with E-state index in [1.807, 2.05) is 30.3 Å². The molecule has 1 N–H and O–H groups in total. The summed E-state index contributed by atoms with van der Waals surface area (Å²) in [5, 5.41) is 3.89. The van der Waals surface area contributed by atoms with Crippen LogP contribution in [0.15, 0.2) is 36.5 Å². The van der Waals surface area contributed by atoms with Crippen molar-refractivity contribution in [3.8, 4) is 0 Å². The van der Waals surface area contributed by atoms with Gasteiger partial charge in [-0.3, -0.25) is 4.98 Å². The normalized spacial score (nSPS) is 14.5. The highest BCUT2D eigenvalue weighted by Gasteiger charge is 2.25. The number of hydrogen-bond donors (Lipinski definition) is 1. The number of nitrogens with one attached hydrogen (secondary N) is 1. The minimum atomic E-state index is -0.323. The highest BCUT2D eigenvalue weighted by atomic mass is 16.6. The van der Waals surface area contributed by atoms with Crippen molar-refractivity contribution < 1.29 is 14.3 Å². The van der Waals surface area contributed by atoms with E-state index in [-0.39, 0.29) is 12.1 Å². The van der Waals surface area contributed by atoms with Gasteiger partial charge in [0.15, 0.2) is 0 Å². The molecule has 7 heteroatoms. The molecule has 1 fully saturated rings. The zero-order valence-electron chi connectivity index (χ0n) is 13.6. The first kappa shape index (κ1) is 16.0. The molecule has 0 spiro atoms. The molecule has 0 saturated carbocycles. The number of carbonyl (C=O) groups is 2. The Morgan fingerprint density at radius 3 is 2.58 bits per heavy atom. The summed E-state index contributed by atoms with van der Waals surface area (Å²) in [5.74, 6) is 0. The molecule has 3 amide bonds. The predicted octanol–water partition coefficient (Wildman–Crippen LogP) is 2.54. The van der Waals surface area contributed by atoms with E-state index in [1.54, 1.807) is 22.9 Å². The van der Waals surface area contributed by atoms with Crippen molar-refractivity contribution in [3.63, 3.8) is 0 Å². The number of fused-ring (bicyclic) bond motifs is 1. The summed E-state index contributed by atoms with van der Waals surface area (Å²) in [6, 6.07) is 9.31. The van der Waals surface area contributed by atoms with Gasteiger partial charge in [0.05, 0.1) is 17.8 Å². The third-order valence-electron chi connectivity index (χ3n) is 3.97. The van der Waals surface area contributed by atoms with Gasteiger partial charge in [-0.05, 0) is 19.1 Å². The molecule has 3 rings (SSSR count). The lowest BCUT2D eigenvalue weighted by Crippen LogP contribution is -2.51. The summed E-state index contributed by atoms with van der Waals surface area (Å²) in [5.41, 5.74) is 1.45. The highest BCUT2D eigenvalue weighted by molar-refractivity contribution is 5.99. The van der Waals surface area contributed by atoms with Crippen molar-refractivity contribution in [2.45, 2.75) is 6.92 Å². The lowest BCUT2D eigenvalue weighted by molar-refractivity contribution is 0.0869. The molecule has 2 heterocycles. The quantitative estimate of drug-likeness (QED) is 0.919. The summed E-state index contributed by atoms with van der Waals surface area (Å²) in [6.45, 7) is 4.03. The van der Waals surface area contributed by atoms with E-state index in [0.29, 0.717) is 38.5 Å². The minimum absolute atomic E-state index is 0.184. The fourth-order valence-electron chi connectivity index (χ4n) is 2.71. The van der Waals surface area contributed by atoms with E-state index in [9.17, 15) is 9.59 Å². The summed E-state index contributed by atoms with van der Waals surface area (Å²) >= 11 is 0. The van der Waals surface area contributed by atoms with Crippen LogP contribution in [0.3, 0.4) is 0 Å². The van der Waals surface area contributed by atoms with Crippen molar-refractivity contribution in [2.24, 2.45) is 0 Å². The van der Waals surface area contributed by atoms with Crippen molar-refractivity contribution in [1.82, 2.24) is 14.8 Å². The van der Waals surface area contributed by atoms with Gasteiger partial charge in [-0.15, -0.1) is 0 Å². The van der Waals surface area contributed by atoms with Crippen molar-refractivity contribution in [2.75, 3.05) is 38.1 Å². The summed E-state index contributed by atoms with van der Waals surface area (Å²) in [4.78, 5) is 31.8. The zero-order chi connectivity index (χ0) is 16.9. The molecule has 0 unspecified atom stereocenters. The second-order valence-electron chi connectivity index (χ2n) is 5.48. The first-order valence-electron chi connectivity index (χ1n) is 8.00. The van der Waals surface area contributed by atoms with E-state index < -0.39 is 0 Å². The standard InChI is InChI=1S/C17H20N4O3/c1-2-24-17(23)21-11-9-20(10-12-21)16(22)19-14-7-3-5-13-6-4-8-18-15(13)14/h3-8H,2,9-12H2,1H3,(H,19,22). The van der Waals surface area contributed by atoms with E-state index in [4.69, 9.17) is 4.74 Å². The van der Waals surface area contributed by atoms with Gasteiger partial charge in [-0.1, -0.05) is 18.2 Å². The number of anilines is 1. The molecule has 1 saturated heterocycles. The molecule has 2 aromatic rings. The van der Waals surface area contributed by atoms with Gasteiger partial charge in [0.1, 0.15) is 0 Å². The molecule has 0 radical (unpaired) electrons. The molecule has 0 bridgehead atoms. The number of carbonyl (C=O) groups excluding carboxylic acids is 2. The fourth-order valence-corrected chi connectivity index (χ4v) is 2.71. The maximum Gasteiger partial charge on any atom is 0.409 e. The topological polar surface area (TPSA) is 74.8 Å². The number of pyridine rings is 1. The minimum Gasteiger partial charge on any atom is -0.450 e. The number of piperazine rings is 1. The van der Waals surface area contributed by atoms with Crippen LogP contribution in [0, 0.1) is 0 Å². The molecule has 126 valence electrons. The third-order valence-corrected chi connectivity index (χ3v) is 3.97. The van der Waals surface area contributed by atoms with Crippen LogP contribution >= 0.6 is 0 Å². The average molecular weight is 328 g/mol. The van der Waals surface area contributed by atoms with Gasteiger partial charge in [0.2, 0.25) is 0 Å². The van der Waals surface area contributed by atoms with Crippen LogP contribution in [0.1, 0.15) is 6.92 Å². The smallest absolute Gasteiger partial charge is 0.409 e. The number of hydrogen-bond acceptors (Lipinski definition) is 4. The second kappa shape index (κ2) is 7.16. The van der Waals surface area contributed by atoms with E-state index in [2.05, 4.69) is 10.3 Å². The molecule has 1 aliphatic rings. The first-order valence-corrected chi connectivity index (χ1v) is 8.00. The summed E-state index contributed by atoms with van der Waals surface area (Å²) in [6.07, 6.45) is 1.38. The number of para-hydroxylation sites is 1. The second-order valence-corrected chi connectivity index (χ2v) is 5.48. The lowest BCUT2D eigenvalue weighted by atomic mass is 10.2. The number of amides is 3. The Morgan fingerprint density at radius 1 is 1.12 bits per heavy atom. The van der Waals surface area contributed by atoms with Gasteiger partial charge in [0.25, 0.3) is 0 Å². The number of ether oxygens (including phenoxy) is 1. The Morgan fingerprint density at radius 2 is 1.83 bits per heavy atom. The molecule has 1 aromatic heterocycles. The number of nitrogens with zero attached hydrogens (tertiary/aromatic N) is 3. The summed E-state index contributed by atoms with van der Waals surface area (Å²) < 4.78 is 4.98. The van der Waals surface area contributed by atoms with Crippen LogP contribution in [0.4, 0.5) is 15.3 Å². The SMILES string of the molecule is CCOC(=O)N1CCN(C(=O)Nc2cccc3cccnc23)CC1. The van der Waals surface area contributed by atoms with Crippen LogP contribution < -0.4 is 5.32 Å². The fraction of sp³-hybridized carbons (Fsp3) is 0.353. The average Bonchev–Trinajstić information content (AvgIpc) is 2.62. The Balaban J connectivity index is 1.63. The third kappa shape index (κ3) is 3.40. The van der Waals surface area contributed by atoms with Crippen molar-refractivity contribution in [1.29, 1.82) is 0 Å². The van der Waals surface area contributed by atoms with Crippen LogP contribution in [-0.2, 0) is 4.74 Å². The van der Waals surface area contributed by atoms with E-state index >= 15 is 0 Å². The van der Waals surface area contributed by atoms with Crippen LogP contribution in [-0.4, -0.2) is 59.7 Å². The van der Waals surface area contributed by atoms with Gasteiger partial charge in [-0.2, -0.15) is 0 Å². The monoisotopic (exact) mass is 328 g/mol. The highest BCUT2D eigenvalue weighted by Crippen LogP contribution is 2.21. The molecule has 1 aliphatic heterocycles. The maximum atomic E-state index is 12.5. The number of rotatable bonds is 2. The van der Waals surface area contributed by atoms with Crippen molar-refractivity contribution in [3.05, 3.63) is 36.5 Å². The van der Waals surface area contributed by atoms with Crippen LogP contribution in [0.5, 0.6) is 0 Å². The molecular formula is C17H20N4O3. The summed E-state index contributed by atoms with van der Waals surface area (Å²) in [7, 11) is 0. The number of aromatic nitrogens is 1. The Labute approximate surface area is 140 Å². The predicted molar refractivity (Wildman–Crippen MR) is 90.9 cm³/mol. The Hall–Kier alpha value is -2.83. The maximum absolute atomic E-state index is 12.5. The largest absolute Gasteiger partial charge is 0.450 e. The molecule has 24 heavy (non-hydrogen) atoms. The lowest BCUT2D eigenvalue weighted by Gasteiger charge is -2.34. The number of benzene rings is 1. The Bertz CT molecular complexity index is 736. The first-order chi connectivity index (χ1) is 11.7. The molecule has 1 aromatic carbocycles. The van der Waals surface area contributed by atoms with E-state index in [1.165, 1.54) is 0 Å². The van der Waals surface area contributed by atoms with E-state index in [0.717, 1.165) is 10.9 Å². The molecular weight excluding hydrogens is 308 g/mol. The zero-order valence-corrected chi connectivity index (χ0v) is 13.6. The van der Waals surface area contributed by atoms with Crippen molar-refractivity contribution >= 4 is 28.7 Å².